The number of rotatable bonds is 9. The summed E-state index contributed by atoms with van der Waals surface area (Å²) >= 11 is 0. The van der Waals surface area contributed by atoms with E-state index in [0.29, 0.717) is 35.7 Å². The molecule has 3 heterocycles. The van der Waals surface area contributed by atoms with Gasteiger partial charge in [-0.05, 0) is 56.6 Å². The van der Waals surface area contributed by atoms with Crippen molar-refractivity contribution in [1.82, 2.24) is 30.2 Å². The van der Waals surface area contributed by atoms with Gasteiger partial charge >= 0.3 is 5.79 Å². The molecule has 42 heavy (non-hydrogen) atoms. The summed E-state index contributed by atoms with van der Waals surface area (Å²) in [7, 11) is 3.78. The number of benzene rings is 2. The SMILES string of the molecule is CC1COC(C(=O)NCCN(C)C)(c2nc(-c3ccc(F)cc3)c(-c3ccnc(Nc4ccc(F)c(F)c4)n3)[nH]2)OC1. The molecular weight excluding hydrogens is 551 g/mol. The lowest BCUT2D eigenvalue weighted by molar-refractivity contribution is -0.277. The monoisotopic (exact) mass is 581 g/mol. The number of likely N-dealkylation sites (N-methyl/N-ethyl adjacent to an activating group) is 1. The maximum atomic E-state index is 13.8. The fourth-order valence-corrected chi connectivity index (χ4v) is 4.29. The van der Waals surface area contributed by atoms with Crippen LogP contribution in [0.5, 0.6) is 0 Å². The Bertz CT molecular complexity index is 1550. The standard InChI is InChI=1S/C29H30F3N7O3/c1-17-15-41-29(42-16-17,27(40)33-12-13-39(2)3)26-37-24(18-4-6-19(30)7-5-18)25(38-26)23-10-11-34-28(36-23)35-20-8-9-21(31)22(32)14-20/h4-11,14,17H,12-13,15-16H2,1-3H3,(H,33,40)(H,37,38)(H,34,35,36). The van der Waals surface area contributed by atoms with Crippen LogP contribution in [0, 0.1) is 23.4 Å². The number of hydrogen-bond acceptors (Lipinski definition) is 8. The van der Waals surface area contributed by atoms with Crippen molar-refractivity contribution < 1.29 is 27.4 Å². The average molecular weight is 582 g/mol. The lowest BCUT2D eigenvalue weighted by Gasteiger charge is -2.36. The van der Waals surface area contributed by atoms with Gasteiger partial charge in [0.25, 0.3) is 5.91 Å². The highest BCUT2D eigenvalue weighted by molar-refractivity contribution is 5.86. The fraction of sp³-hybridized carbons (Fsp3) is 0.310. The van der Waals surface area contributed by atoms with Crippen LogP contribution in [-0.2, 0) is 20.1 Å². The first kappa shape index (κ1) is 29.2. The minimum atomic E-state index is -1.87. The molecule has 0 radical (unpaired) electrons. The van der Waals surface area contributed by atoms with Crippen molar-refractivity contribution in [3.8, 4) is 22.6 Å². The molecule has 1 aliphatic rings. The zero-order valence-corrected chi connectivity index (χ0v) is 23.2. The fourth-order valence-electron chi connectivity index (χ4n) is 4.29. The second-order valence-corrected chi connectivity index (χ2v) is 10.2. The van der Waals surface area contributed by atoms with Gasteiger partial charge in [-0.3, -0.25) is 4.79 Å². The van der Waals surface area contributed by atoms with Gasteiger partial charge in [0.2, 0.25) is 5.95 Å². The summed E-state index contributed by atoms with van der Waals surface area (Å²) in [5.41, 5.74) is 1.85. The topological polar surface area (TPSA) is 117 Å². The number of nitrogens with one attached hydrogen (secondary N) is 3. The van der Waals surface area contributed by atoms with Crippen molar-refractivity contribution in [3.63, 3.8) is 0 Å². The third kappa shape index (κ3) is 6.27. The summed E-state index contributed by atoms with van der Waals surface area (Å²) < 4.78 is 53.1. The molecule has 2 aromatic heterocycles. The lowest BCUT2D eigenvalue weighted by Crippen LogP contribution is -2.54. The van der Waals surface area contributed by atoms with Gasteiger partial charge in [0.15, 0.2) is 17.5 Å². The van der Waals surface area contributed by atoms with Gasteiger partial charge in [0, 0.05) is 42.5 Å². The minimum Gasteiger partial charge on any atom is -0.350 e. The van der Waals surface area contributed by atoms with Crippen LogP contribution in [0.4, 0.5) is 24.8 Å². The average Bonchev–Trinajstić information content (AvgIpc) is 3.42. The first-order valence-corrected chi connectivity index (χ1v) is 13.3. The van der Waals surface area contributed by atoms with Crippen LogP contribution in [0.1, 0.15) is 12.7 Å². The third-order valence-corrected chi connectivity index (χ3v) is 6.51. The molecule has 0 unspecified atom stereocenters. The summed E-state index contributed by atoms with van der Waals surface area (Å²) in [4.78, 5) is 32.1. The smallest absolute Gasteiger partial charge is 0.310 e. The Labute approximate surface area is 240 Å². The Balaban J connectivity index is 1.57. The molecule has 1 fully saturated rings. The molecule has 220 valence electrons. The second-order valence-electron chi connectivity index (χ2n) is 10.2. The highest BCUT2D eigenvalue weighted by Gasteiger charge is 2.49. The Morgan fingerprint density at radius 3 is 2.48 bits per heavy atom. The number of carbonyl (C=O) groups is 1. The lowest BCUT2D eigenvalue weighted by atomic mass is 10.1. The summed E-state index contributed by atoms with van der Waals surface area (Å²) in [6.07, 6.45) is 1.47. The summed E-state index contributed by atoms with van der Waals surface area (Å²) in [5.74, 6) is -4.60. The van der Waals surface area contributed by atoms with E-state index in [1.165, 1.54) is 24.4 Å². The number of amides is 1. The number of aromatic nitrogens is 4. The van der Waals surface area contributed by atoms with E-state index >= 15 is 0 Å². The van der Waals surface area contributed by atoms with E-state index in [1.54, 1.807) is 18.2 Å². The predicted molar refractivity (Wildman–Crippen MR) is 149 cm³/mol. The zero-order chi connectivity index (χ0) is 29.9. The number of H-pyrrole nitrogens is 1. The normalized spacial score (nSPS) is 18.7. The quantitative estimate of drug-likeness (QED) is 0.269. The van der Waals surface area contributed by atoms with Crippen LogP contribution < -0.4 is 10.6 Å². The molecule has 1 aliphatic heterocycles. The van der Waals surface area contributed by atoms with Crippen molar-refractivity contribution in [2.24, 2.45) is 5.92 Å². The van der Waals surface area contributed by atoms with E-state index in [2.05, 4.69) is 25.6 Å². The molecule has 0 aliphatic carbocycles. The van der Waals surface area contributed by atoms with Crippen LogP contribution in [0.15, 0.2) is 54.7 Å². The maximum Gasteiger partial charge on any atom is 0.310 e. The Kier molecular flexibility index (Phi) is 8.52. The molecule has 0 atom stereocenters. The van der Waals surface area contributed by atoms with E-state index in [4.69, 9.17) is 14.5 Å². The molecule has 0 bridgehead atoms. The largest absolute Gasteiger partial charge is 0.350 e. The number of aromatic amines is 1. The van der Waals surface area contributed by atoms with E-state index in [9.17, 15) is 18.0 Å². The highest BCUT2D eigenvalue weighted by atomic mass is 19.2. The van der Waals surface area contributed by atoms with E-state index in [-0.39, 0.29) is 36.6 Å². The van der Waals surface area contributed by atoms with E-state index in [0.717, 1.165) is 12.1 Å². The van der Waals surface area contributed by atoms with Crippen molar-refractivity contribution in [2.45, 2.75) is 12.7 Å². The molecule has 0 saturated carbocycles. The minimum absolute atomic E-state index is 0.0468. The number of anilines is 2. The Morgan fingerprint density at radius 2 is 1.79 bits per heavy atom. The zero-order valence-electron chi connectivity index (χ0n) is 23.2. The Morgan fingerprint density at radius 1 is 1.05 bits per heavy atom. The number of carbonyl (C=O) groups excluding carboxylic acids is 1. The van der Waals surface area contributed by atoms with Crippen LogP contribution in [-0.4, -0.2) is 71.1 Å². The van der Waals surface area contributed by atoms with Gasteiger partial charge in [0.05, 0.1) is 30.3 Å². The second kappa shape index (κ2) is 12.3. The van der Waals surface area contributed by atoms with Crippen molar-refractivity contribution in [2.75, 3.05) is 45.7 Å². The predicted octanol–water partition coefficient (Wildman–Crippen LogP) is 4.21. The van der Waals surface area contributed by atoms with Crippen molar-refractivity contribution >= 4 is 17.5 Å². The van der Waals surface area contributed by atoms with Gasteiger partial charge in [-0.2, -0.15) is 0 Å². The first-order chi connectivity index (χ1) is 20.1. The van der Waals surface area contributed by atoms with Gasteiger partial charge in [0.1, 0.15) is 5.82 Å². The van der Waals surface area contributed by atoms with Gasteiger partial charge in [-0.1, -0.05) is 6.92 Å². The van der Waals surface area contributed by atoms with Crippen LogP contribution >= 0.6 is 0 Å². The van der Waals surface area contributed by atoms with Crippen LogP contribution in [0.25, 0.3) is 22.6 Å². The molecule has 10 nitrogen and oxygen atoms in total. The first-order valence-electron chi connectivity index (χ1n) is 13.3. The molecule has 13 heteroatoms. The van der Waals surface area contributed by atoms with Gasteiger partial charge in [-0.25, -0.2) is 28.1 Å². The van der Waals surface area contributed by atoms with Gasteiger partial charge < -0.3 is 30.0 Å². The van der Waals surface area contributed by atoms with E-state index in [1.807, 2.05) is 25.9 Å². The summed E-state index contributed by atoms with van der Waals surface area (Å²) in [6.45, 7) is 3.38. The Hall–Kier alpha value is -4.33. The highest BCUT2D eigenvalue weighted by Crippen LogP contribution is 2.37. The molecule has 0 spiro atoms. The van der Waals surface area contributed by atoms with Crippen LogP contribution in [0.3, 0.4) is 0 Å². The number of ether oxygens (including phenoxy) is 2. The molecule has 1 saturated heterocycles. The molecule has 1 amide bonds. The molecule has 2 aromatic carbocycles. The number of halogens is 3. The number of nitrogens with zero attached hydrogens (tertiary/aromatic N) is 4. The molecule has 4 aromatic rings. The third-order valence-electron chi connectivity index (χ3n) is 6.51. The summed E-state index contributed by atoms with van der Waals surface area (Å²) in [6, 6.07) is 10.6. The van der Waals surface area contributed by atoms with Crippen molar-refractivity contribution in [1.29, 1.82) is 0 Å². The number of imidazole rings is 1. The van der Waals surface area contributed by atoms with Crippen LogP contribution in [0.2, 0.25) is 0 Å². The van der Waals surface area contributed by atoms with Crippen molar-refractivity contribution in [3.05, 3.63) is 78.0 Å². The number of hydrogen-bond donors (Lipinski definition) is 3. The molecule has 5 rings (SSSR count). The van der Waals surface area contributed by atoms with E-state index < -0.39 is 29.1 Å². The molecular formula is C29H30F3N7O3. The maximum absolute atomic E-state index is 13.8. The van der Waals surface area contributed by atoms with Gasteiger partial charge in [-0.15, -0.1) is 0 Å². The summed E-state index contributed by atoms with van der Waals surface area (Å²) in [5, 5.41) is 5.72. The molecule has 3 N–H and O–H groups in total.